The maximum absolute atomic E-state index is 12.1. The minimum Gasteiger partial charge on any atom is -0.481 e. The molecule has 2 aromatic carbocycles. The Hall–Kier alpha value is -2.66. The van der Waals surface area contributed by atoms with E-state index in [0.717, 1.165) is 18.7 Å². The number of nitrogens with one attached hydrogen (secondary N) is 1. The van der Waals surface area contributed by atoms with E-state index in [1.807, 2.05) is 43.4 Å². The lowest BCUT2D eigenvalue weighted by Crippen LogP contribution is -2.25. The zero-order chi connectivity index (χ0) is 18.1. The fourth-order valence-electron chi connectivity index (χ4n) is 2.62. The van der Waals surface area contributed by atoms with E-state index in [1.165, 1.54) is 5.56 Å². The molecule has 1 amide bonds. The molecule has 25 heavy (non-hydrogen) atoms. The SMILES string of the molecule is CN(Cc1ccccc1)Cc1cccc(C(=O)NCCCC(=O)O)c1. The van der Waals surface area contributed by atoms with Gasteiger partial charge in [-0.1, -0.05) is 42.5 Å². The number of carboxylic acid groups (broad SMARTS) is 1. The summed E-state index contributed by atoms with van der Waals surface area (Å²) in [4.78, 5) is 24.8. The zero-order valence-electron chi connectivity index (χ0n) is 14.4. The quantitative estimate of drug-likeness (QED) is 0.689. The number of carbonyl (C=O) groups excluding carboxylic acids is 1. The van der Waals surface area contributed by atoms with Gasteiger partial charge in [-0.25, -0.2) is 0 Å². The first kappa shape index (κ1) is 18.7. The van der Waals surface area contributed by atoms with Gasteiger partial charge in [-0.2, -0.15) is 0 Å². The van der Waals surface area contributed by atoms with Crippen molar-refractivity contribution in [2.45, 2.75) is 25.9 Å². The van der Waals surface area contributed by atoms with E-state index in [-0.39, 0.29) is 12.3 Å². The standard InChI is InChI=1S/C20H24N2O3/c1-22(14-16-7-3-2-4-8-16)15-17-9-5-10-18(13-17)20(25)21-12-6-11-19(23)24/h2-5,7-10,13H,6,11-12,14-15H2,1H3,(H,21,25)(H,23,24). The lowest BCUT2D eigenvalue weighted by atomic mass is 10.1. The summed E-state index contributed by atoms with van der Waals surface area (Å²) in [7, 11) is 2.05. The van der Waals surface area contributed by atoms with Crippen molar-refractivity contribution in [1.82, 2.24) is 10.2 Å². The smallest absolute Gasteiger partial charge is 0.303 e. The molecule has 5 nitrogen and oxygen atoms in total. The van der Waals surface area contributed by atoms with Crippen LogP contribution in [0.2, 0.25) is 0 Å². The highest BCUT2D eigenvalue weighted by atomic mass is 16.4. The van der Waals surface area contributed by atoms with Crippen LogP contribution in [0.4, 0.5) is 0 Å². The Bertz CT molecular complexity index is 701. The van der Waals surface area contributed by atoms with Gasteiger partial charge in [-0.3, -0.25) is 14.5 Å². The van der Waals surface area contributed by atoms with Crippen molar-refractivity contribution < 1.29 is 14.7 Å². The third kappa shape index (κ3) is 6.77. The van der Waals surface area contributed by atoms with Crippen LogP contribution in [0.1, 0.15) is 34.3 Å². The van der Waals surface area contributed by atoms with Gasteiger partial charge in [0.2, 0.25) is 0 Å². The monoisotopic (exact) mass is 340 g/mol. The van der Waals surface area contributed by atoms with Gasteiger partial charge in [0, 0.05) is 31.6 Å². The fraction of sp³-hybridized carbons (Fsp3) is 0.300. The number of carboxylic acids is 1. The van der Waals surface area contributed by atoms with Crippen LogP contribution in [-0.2, 0) is 17.9 Å². The Kier molecular flexibility index (Phi) is 7.16. The second-order valence-electron chi connectivity index (χ2n) is 6.11. The number of hydrogen-bond donors (Lipinski definition) is 2. The van der Waals surface area contributed by atoms with Crippen LogP contribution in [0, 0.1) is 0 Å². The molecule has 2 aromatic rings. The summed E-state index contributed by atoms with van der Waals surface area (Å²) < 4.78 is 0. The van der Waals surface area contributed by atoms with Gasteiger partial charge in [-0.15, -0.1) is 0 Å². The average Bonchev–Trinajstić information content (AvgIpc) is 2.59. The summed E-state index contributed by atoms with van der Waals surface area (Å²) in [5.41, 5.74) is 2.91. The predicted octanol–water partition coefficient (Wildman–Crippen LogP) is 2.91. The normalized spacial score (nSPS) is 10.6. The van der Waals surface area contributed by atoms with Crippen molar-refractivity contribution in [2.24, 2.45) is 0 Å². The van der Waals surface area contributed by atoms with Crippen LogP contribution in [-0.4, -0.2) is 35.5 Å². The van der Waals surface area contributed by atoms with Gasteiger partial charge >= 0.3 is 5.97 Å². The van der Waals surface area contributed by atoms with Gasteiger partial charge in [0.25, 0.3) is 5.91 Å². The number of benzene rings is 2. The summed E-state index contributed by atoms with van der Waals surface area (Å²) in [6.45, 7) is 1.95. The number of carbonyl (C=O) groups is 2. The summed E-state index contributed by atoms with van der Waals surface area (Å²) >= 11 is 0. The van der Waals surface area contributed by atoms with Crippen molar-refractivity contribution in [1.29, 1.82) is 0 Å². The van der Waals surface area contributed by atoms with E-state index in [4.69, 9.17) is 5.11 Å². The summed E-state index contributed by atoms with van der Waals surface area (Å²) in [6, 6.07) is 17.8. The Morgan fingerprint density at radius 3 is 2.40 bits per heavy atom. The second-order valence-corrected chi connectivity index (χ2v) is 6.11. The largest absolute Gasteiger partial charge is 0.481 e. The van der Waals surface area contributed by atoms with Gasteiger partial charge in [0.05, 0.1) is 0 Å². The Balaban J connectivity index is 1.87. The lowest BCUT2D eigenvalue weighted by molar-refractivity contribution is -0.137. The molecule has 0 aliphatic rings. The molecular formula is C20H24N2O3. The first-order valence-corrected chi connectivity index (χ1v) is 8.36. The topological polar surface area (TPSA) is 69.6 Å². The van der Waals surface area contributed by atoms with E-state index in [0.29, 0.717) is 18.5 Å². The van der Waals surface area contributed by atoms with Gasteiger partial charge in [-0.05, 0) is 36.7 Å². The van der Waals surface area contributed by atoms with Crippen LogP contribution in [0.3, 0.4) is 0 Å². The molecule has 0 atom stereocenters. The lowest BCUT2D eigenvalue weighted by Gasteiger charge is -2.17. The predicted molar refractivity (Wildman–Crippen MR) is 97.3 cm³/mol. The molecule has 0 heterocycles. The summed E-state index contributed by atoms with van der Waals surface area (Å²) in [5.74, 6) is -1.02. The van der Waals surface area contributed by atoms with Crippen LogP contribution in [0.15, 0.2) is 54.6 Å². The molecule has 0 aliphatic heterocycles. The Morgan fingerprint density at radius 1 is 1.00 bits per heavy atom. The molecule has 2 rings (SSSR count). The molecule has 5 heteroatoms. The molecule has 0 fully saturated rings. The highest BCUT2D eigenvalue weighted by molar-refractivity contribution is 5.94. The molecule has 0 saturated heterocycles. The maximum Gasteiger partial charge on any atom is 0.303 e. The summed E-state index contributed by atoms with van der Waals surface area (Å²) in [5, 5.41) is 11.4. The van der Waals surface area contributed by atoms with Crippen molar-refractivity contribution in [3.8, 4) is 0 Å². The van der Waals surface area contributed by atoms with Crippen LogP contribution in [0.25, 0.3) is 0 Å². The van der Waals surface area contributed by atoms with Gasteiger partial charge in [0.1, 0.15) is 0 Å². The molecule has 2 N–H and O–H groups in total. The number of aliphatic carboxylic acids is 1. The zero-order valence-corrected chi connectivity index (χ0v) is 14.4. The summed E-state index contributed by atoms with van der Waals surface area (Å²) in [6.07, 6.45) is 0.491. The van der Waals surface area contributed by atoms with E-state index >= 15 is 0 Å². The molecule has 0 saturated carbocycles. The van der Waals surface area contributed by atoms with Crippen LogP contribution < -0.4 is 5.32 Å². The highest BCUT2D eigenvalue weighted by Crippen LogP contribution is 2.10. The molecule has 132 valence electrons. The van der Waals surface area contributed by atoms with Crippen LogP contribution in [0.5, 0.6) is 0 Å². The van der Waals surface area contributed by atoms with Gasteiger partial charge in [0.15, 0.2) is 0 Å². The molecular weight excluding hydrogens is 316 g/mol. The van der Waals surface area contributed by atoms with Crippen molar-refractivity contribution in [3.63, 3.8) is 0 Å². The van der Waals surface area contributed by atoms with E-state index in [2.05, 4.69) is 22.3 Å². The number of amides is 1. The van der Waals surface area contributed by atoms with Gasteiger partial charge < -0.3 is 10.4 Å². The molecule has 0 aromatic heterocycles. The van der Waals surface area contributed by atoms with E-state index in [1.54, 1.807) is 6.07 Å². The average molecular weight is 340 g/mol. The number of nitrogens with zero attached hydrogens (tertiary/aromatic N) is 1. The molecule has 0 aliphatic carbocycles. The molecule has 0 radical (unpaired) electrons. The Labute approximate surface area is 148 Å². The Morgan fingerprint density at radius 2 is 1.68 bits per heavy atom. The third-order valence-electron chi connectivity index (χ3n) is 3.79. The molecule has 0 spiro atoms. The minimum absolute atomic E-state index is 0.0601. The second kappa shape index (κ2) is 9.59. The number of hydrogen-bond acceptors (Lipinski definition) is 3. The van der Waals surface area contributed by atoms with Crippen molar-refractivity contribution in [2.75, 3.05) is 13.6 Å². The van der Waals surface area contributed by atoms with Crippen molar-refractivity contribution >= 4 is 11.9 Å². The van der Waals surface area contributed by atoms with Crippen LogP contribution >= 0.6 is 0 Å². The molecule has 0 bridgehead atoms. The minimum atomic E-state index is -0.849. The third-order valence-corrected chi connectivity index (χ3v) is 3.79. The number of rotatable bonds is 9. The van der Waals surface area contributed by atoms with Crippen molar-refractivity contribution in [3.05, 3.63) is 71.3 Å². The fourth-order valence-corrected chi connectivity index (χ4v) is 2.62. The van der Waals surface area contributed by atoms with E-state index < -0.39 is 5.97 Å². The maximum atomic E-state index is 12.1. The first-order valence-electron chi connectivity index (χ1n) is 8.36. The highest BCUT2D eigenvalue weighted by Gasteiger charge is 2.08. The van der Waals surface area contributed by atoms with E-state index in [9.17, 15) is 9.59 Å². The first-order chi connectivity index (χ1) is 12.0. The molecule has 0 unspecified atom stereocenters.